The summed E-state index contributed by atoms with van der Waals surface area (Å²) in [5.41, 5.74) is 0.596. The second-order valence-corrected chi connectivity index (χ2v) is 7.94. The fourth-order valence-corrected chi connectivity index (χ4v) is 4.21. The van der Waals surface area contributed by atoms with Crippen LogP contribution in [0.1, 0.15) is 15.3 Å². The van der Waals surface area contributed by atoms with Gasteiger partial charge in [-0.25, -0.2) is 4.39 Å². The van der Waals surface area contributed by atoms with E-state index in [1.165, 1.54) is 17.4 Å². The van der Waals surface area contributed by atoms with Gasteiger partial charge in [0, 0.05) is 14.9 Å². The Morgan fingerprint density at radius 2 is 1.94 bits per heavy atom. The van der Waals surface area contributed by atoms with Gasteiger partial charge in [0.05, 0.1) is 13.6 Å². The highest BCUT2D eigenvalue weighted by atomic mass is 79.9. The summed E-state index contributed by atoms with van der Waals surface area (Å²) in [7, 11) is 0. The maximum absolute atomic E-state index is 13.8. The Bertz CT molecular complexity index is 536. The molecule has 17 heavy (non-hydrogen) atoms. The van der Waals surface area contributed by atoms with Crippen molar-refractivity contribution in [3.05, 3.63) is 53.8 Å². The van der Waals surface area contributed by atoms with Gasteiger partial charge >= 0.3 is 0 Å². The Morgan fingerprint density at radius 1 is 1.24 bits per heavy atom. The maximum atomic E-state index is 13.8. The molecule has 1 aromatic carbocycles. The molecule has 6 heteroatoms. The average Bonchev–Trinajstić information content (AvgIpc) is 2.58. The van der Waals surface area contributed by atoms with Gasteiger partial charge in [0.15, 0.2) is 0 Å². The number of halogens is 5. The maximum Gasteiger partial charge on any atom is 0.129 e. The van der Waals surface area contributed by atoms with Crippen molar-refractivity contribution in [1.82, 2.24) is 0 Å². The van der Waals surface area contributed by atoms with Gasteiger partial charge in [0.2, 0.25) is 0 Å². The molecule has 0 aliphatic heterocycles. The molecular weight excluding hydrogens is 458 g/mol. The van der Waals surface area contributed by atoms with Gasteiger partial charge in [-0.1, -0.05) is 49.5 Å². The number of alkyl halides is 1. The molecule has 0 fully saturated rings. The van der Waals surface area contributed by atoms with Crippen molar-refractivity contribution in [2.24, 2.45) is 0 Å². The monoisotopic (exact) mass is 460 g/mol. The molecule has 1 unspecified atom stereocenters. The topological polar surface area (TPSA) is 0 Å². The van der Waals surface area contributed by atoms with Crippen molar-refractivity contribution in [1.29, 1.82) is 0 Å². The summed E-state index contributed by atoms with van der Waals surface area (Å²) in [5, 5.41) is 0.645. The summed E-state index contributed by atoms with van der Waals surface area (Å²) in [6.45, 7) is 0. The molecule has 1 atom stereocenters. The number of hydrogen-bond acceptors (Lipinski definition) is 1. The van der Waals surface area contributed by atoms with Crippen LogP contribution in [0.5, 0.6) is 0 Å². The lowest BCUT2D eigenvalue weighted by atomic mass is 10.1. The van der Waals surface area contributed by atoms with Gasteiger partial charge in [0.25, 0.3) is 0 Å². The Balaban J connectivity index is 2.39. The van der Waals surface area contributed by atoms with E-state index in [1.807, 2.05) is 12.1 Å². The van der Waals surface area contributed by atoms with E-state index in [0.29, 0.717) is 10.6 Å². The lowest BCUT2D eigenvalue weighted by Crippen LogP contribution is -1.94. The molecule has 1 heterocycles. The van der Waals surface area contributed by atoms with Crippen LogP contribution in [0.4, 0.5) is 4.39 Å². The zero-order valence-corrected chi connectivity index (χ0v) is 14.5. The quantitative estimate of drug-likeness (QED) is 0.443. The molecule has 0 aliphatic rings. The molecule has 0 saturated carbocycles. The normalized spacial score (nSPS) is 12.8. The minimum absolute atomic E-state index is 0.190. The van der Waals surface area contributed by atoms with Crippen LogP contribution in [0, 0.1) is 5.82 Å². The van der Waals surface area contributed by atoms with Crippen molar-refractivity contribution in [3.63, 3.8) is 0 Å². The van der Waals surface area contributed by atoms with Crippen molar-refractivity contribution in [3.8, 4) is 0 Å². The molecule has 2 aromatic rings. The Morgan fingerprint density at radius 3 is 2.47 bits per heavy atom. The largest absolute Gasteiger partial charge is 0.207 e. The van der Waals surface area contributed by atoms with Gasteiger partial charge in [-0.15, -0.1) is 11.3 Å². The van der Waals surface area contributed by atoms with E-state index in [4.69, 9.17) is 11.6 Å². The molecule has 0 aliphatic carbocycles. The first-order valence-electron chi connectivity index (χ1n) is 4.53. The van der Waals surface area contributed by atoms with E-state index in [0.717, 1.165) is 13.1 Å². The minimum atomic E-state index is -0.248. The van der Waals surface area contributed by atoms with Crippen LogP contribution in [0.2, 0.25) is 5.02 Å². The van der Waals surface area contributed by atoms with E-state index < -0.39 is 0 Å². The highest BCUT2D eigenvalue weighted by Crippen LogP contribution is 2.42. The first kappa shape index (κ1) is 14.0. The van der Waals surface area contributed by atoms with E-state index in [1.54, 1.807) is 6.07 Å². The molecular formula is C11H5Br3ClFS. The van der Waals surface area contributed by atoms with Crippen molar-refractivity contribution in [2.75, 3.05) is 0 Å². The average molecular weight is 463 g/mol. The SMILES string of the molecule is Fc1cc(Br)ccc1C(Br)c1cc(Cl)c(Br)s1. The molecule has 0 bridgehead atoms. The first-order valence-corrected chi connectivity index (χ1v) is 8.22. The fraction of sp³-hybridized carbons (Fsp3) is 0.0909. The highest BCUT2D eigenvalue weighted by Gasteiger charge is 2.18. The molecule has 0 spiro atoms. The van der Waals surface area contributed by atoms with Crippen molar-refractivity contribution >= 4 is 70.7 Å². The lowest BCUT2D eigenvalue weighted by molar-refractivity contribution is 0.613. The summed E-state index contributed by atoms with van der Waals surface area (Å²) in [5.74, 6) is -0.248. The van der Waals surface area contributed by atoms with Crippen LogP contribution in [-0.2, 0) is 0 Å². The van der Waals surface area contributed by atoms with Gasteiger partial charge in [-0.3, -0.25) is 0 Å². The predicted octanol–water partition coefficient (Wildman–Crippen LogP) is 6.55. The summed E-state index contributed by atoms with van der Waals surface area (Å²) >= 11 is 17.5. The third-order valence-corrected chi connectivity index (χ3v) is 6.47. The summed E-state index contributed by atoms with van der Waals surface area (Å²) in [6, 6.07) is 6.85. The molecule has 90 valence electrons. The first-order chi connectivity index (χ1) is 7.99. The highest BCUT2D eigenvalue weighted by molar-refractivity contribution is 9.11. The fourth-order valence-electron chi connectivity index (χ4n) is 1.35. The van der Waals surface area contributed by atoms with Crippen LogP contribution in [-0.4, -0.2) is 0 Å². The van der Waals surface area contributed by atoms with Crippen LogP contribution in [0.15, 0.2) is 32.5 Å². The van der Waals surface area contributed by atoms with Crippen molar-refractivity contribution in [2.45, 2.75) is 4.83 Å². The summed E-state index contributed by atoms with van der Waals surface area (Å²) < 4.78 is 15.4. The molecule has 0 N–H and O–H groups in total. The zero-order valence-electron chi connectivity index (χ0n) is 8.18. The van der Waals surface area contributed by atoms with E-state index in [9.17, 15) is 4.39 Å². The zero-order chi connectivity index (χ0) is 12.6. The van der Waals surface area contributed by atoms with E-state index in [-0.39, 0.29) is 10.6 Å². The predicted molar refractivity (Wildman–Crippen MR) is 81.9 cm³/mol. The third-order valence-electron chi connectivity index (χ3n) is 2.15. The smallest absolute Gasteiger partial charge is 0.129 e. The van der Waals surface area contributed by atoms with Gasteiger partial charge in [-0.05, 0) is 34.1 Å². The van der Waals surface area contributed by atoms with E-state index in [2.05, 4.69) is 47.8 Å². The number of hydrogen-bond donors (Lipinski definition) is 0. The second-order valence-electron chi connectivity index (χ2n) is 3.30. The van der Waals surface area contributed by atoms with Crippen LogP contribution in [0.25, 0.3) is 0 Å². The van der Waals surface area contributed by atoms with E-state index >= 15 is 0 Å². The molecule has 0 nitrogen and oxygen atoms in total. The van der Waals surface area contributed by atoms with Gasteiger partial charge in [0.1, 0.15) is 5.82 Å². The van der Waals surface area contributed by atoms with Crippen LogP contribution < -0.4 is 0 Å². The number of benzene rings is 1. The van der Waals surface area contributed by atoms with Crippen LogP contribution in [0.3, 0.4) is 0 Å². The van der Waals surface area contributed by atoms with Crippen LogP contribution >= 0.6 is 70.7 Å². The number of rotatable bonds is 2. The number of thiophene rings is 1. The lowest BCUT2D eigenvalue weighted by Gasteiger charge is -2.09. The van der Waals surface area contributed by atoms with Gasteiger partial charge < -0.3 is 0 Å². The summed E-state index contributed by atoms with van der Waals surface area (Å²) in [4.78, 5) is 0.771. The second kappa shape index (κ2) is 5.70. The molecule has 2 rings (SSSR count). The molecule has 0 radical (unpaired) electrons. The Hall–Kier alpha value is 0.580. The Labute approximate surface area is 133 Å². The summed E-state index contributed by atoms with van der Waals surface area (Å²) in [6.07, 6.45) is 0. The minimum Gasteiger partial charge on any atom is -0.207 e. The third kappa shape index (κ3) is 3.13. The standard InChI is InChI=1S/C11H5Br3ClFS/c12-5-1-2-6(8(16)3-5)10(13)9-4-7(15)11(14)17-9/h1-4,10H. The van der Waals surface area contributed by atoms with Gasteiger partial charge in [-0.2, -0.15) is 0 Å². The Kier molecular flexibility index (Phi) is 4.69. The molecule has 0 amide bonds. The van der Waals surface area contributed by atoms with Crippen molar-refractivity contribution < 1.29 is 4.39 Å². The molecule has 1 aromatic heterocycles. The molecule has 0 saturated heterocycles.